The van der Waals surface area contributed by atoms with Gasteiger partial charge in [0.05, 0.1) is 18.3 Å². The maximum absolute atomic E-state index is 11.0. The molecule has 4 nitrogen and oxygen atoms in total. The fraction of sp³-hybridized carbons (Fsp3) is 0.250. The van der Waals surface area contributed by atoms with Crippen LogP contribution in [-0.2, 0) is 6.54 Å². The predicted molar refractivity (Wildman–Crippen MR) is 79.0 cm³/mol. The summed E-state index contributed by atoms with van der Waals surface area (Å²) < 4.78 is 7.23. The molecule has 0 saturated carbocycles. The molecule has 0 amide bonds. The molecule has 1 aromatic heterocycles. The van der Waals surface area contributed by atoms with Gasteiger partial charge in [0.1, 0.15) is 11.4 Å². The molecule has 20 heavy (non-hydrogen) atoms. The van der Waals surface area contributed by atoms with Gasteiger partial charge in [-0.05, 0) is 44.2 Å². The van der Waals surface area contributed by atoms with E-state index in [-0.39, 0.29) is 6.10 Å². The smallest absolute Gasteiger partial charge is 0.168 e. The van der Waals surface area contributed by atoms with Crippen LogP contribution in [-0.4, -0.2) is 22.2 Å². The minimum atomic E-state index is 0.148. The van der Waals surface area contributed by atoms with E-state index in [9.17, 15) is 4.79 Å². The molecule has 4 heteroatoms. The molecule has 0 saturated heterocycles. The highest BCUT2D eigenvalue weighted by Gasteiger charge is 2.08. The number of aldehydes is 1. The van der Waals surface area contributed by atoms with E-state index >= 15 is 0 Å². The first-order chi connectivity index (χ1) is 9.63. The van der Waals surface area contributed by atoms with Crippen molar-refractivity contribution in [3.05, 3.63) is 48.7 Å². The lowest BCUT2D eigenvalue weighted by molar-refractivity contribution is 0.111. The molecule has 0 bridgehead atoms. The normalized spacial score (nSPS) is 10.6. The standard InChI is InChI=1S/C16H18N2O2/c1-4-9-18-14(11-19)10-16(17-18)13-5-7-15(8-6-13)20-12(2)3/h4-8,10-12H,1,9H2,2-3H3. The third-order valence-electron chi connectivity index (χ3n) is 2.76. The fourth-order valence-corrected chi connectivity index (χ4v) is 1.91. The Morgan fingerprint density at radius 3 is 2.60 bits per heavy atom. The van der Waals surface area contributed by atoms with Crippen molar-refractivity contribution >= 4 is 6.29 Å². The van der Waals surface area contributed by atoms with Crippen molar-refractivity contribution in [2.45, 2.75) is 26.5 Å². The Labute approximate surface area is 118 Å². The minimum absolute atomic E-state index is 0.148. The van der Waals surface area contributed by atoms with Gasteiger partial charge < -0.3 is 4.74 Å². The lowest BCUT2D eigenvalue weighted by atomic mass is 10.1. The fourth-order valence-electron chi connectivity index (χ4n) is 1.91. The maximum atomic E-state index is 11.0. The van der Waals surface area contributed by atoms with Crippen LogP contribution in [0.2, 0.25) is 0 Å². The second-order valence-electron chi connectivity index (χ2n) is 4.73. The second kappa shape index (κ2) is 6.19. The van der Waals surface area contributed by atoms with Crippen LogP contribution in [0, 0.1) is 0 Å². The third kappa shape index (κ3) is 3.15. The Hall–Kier alpha value is -2.36. The van der Waals surface area contributed by atoms with Crippen LogP contribution in [0.4, 0.5) is 0 Å². The number of hydrogen-bond acceptors (Lipinski definition) is 3. The van der Waals surface area contributed by atoms with E-state index < -0.39 is 0 Å². The van der Waals surface area contributed by atoms with Crippen LogP contribution < -0.4 is 4.74 Å². The first-order valence-corrected chi connectivity index (χ1v) is 6.55. The summed E-state index contributed by atoms with van der Waals surface area (Å²) >= 11 is 0. The van der Waals surface area contributed by atoms with Crippen molar-refractivity contribution in [2.75, 3.05) is 0 Å². The van der Waals surface area contributed by atoms with Gasteiger partial charge in [-0.2, -0.15) is 5.10 Å². The molecule has 104 valence electrons. The summed E-state index contributed by atoms with van der Waals surface area (Å²) in [4.78, 5) is 11.0. The maximum Gasteiger partial charge on any atom is 0.168 e. The van der Waals surface area contributed by atoms with Gasteiger partial charge in [-0.3, -0.25) is 9.48 Å². The number of hydrogen-bond donors (Lipinski definition) is 0. The Balaban J connectivity index is 2.27. The average molecular weight is 270 g/mol. The Morgan fingerprint density at radius 2 is 2.05 bits per heavy atom. The van der Waals surface area contributed by atoms with Gasteiger partial charge in [0.2, 0.25) is 0 Å². The summed E-state index contributed by atoms with van der Waals surface area (Å²) in [5, 5.41) is 4.40. The summed E-state index contributed by atoms with van der Waals surface area (Å²) in [7, 11) is 0. The molecule has 0 spiro atoms. The van der Waals surface area contributed by atoms with Gasteiger partial charge in [0.15, 0.2) is 6.29 Å². The first kappa shape index (κ1) is 14.1. The number of carbonyl (C=O) groups is 1. The van der Waals surface area contributed by atoms with Crippen molar-refractivity contribution < 1.29 is 9.53 Å². The largest absolute Gasteiger partial charge is 0.491 e. The van der Waals surface area contributed by atoms with Crippen LogP contribution in [0.5, 0.6) is 5.75 Å². The minimum Gasteiger partial charge on any atom is -0.491 e. The van der Waals surface area contributed by atoms with Crippen molar-refractivity contribution in [3.63, 3.8) is 0 Å². The highest BCUT2D eigenvalue weighted by atomic mass is 16.5. The summed E-state index contributed by atoms with van der Waals surface area (Å²) in [5.74, 6) is 0.824. The number of allylic oxidation sites excluding steroid dienone is 1. The van der Waals surface area contributed by atoms with E-state index in [1.54, 1.807) is 16.8 Å². The van der Waals surface area contributed by atoms with Crippen molar-refractivity contribution in [1.29, 1.82) is 0 Å². The number of nitrogens with zero attached hydrogens (tertiary/aromatic N) is 2. The molecule has 0 unspecified atom stereocenters. The summed E-state index contributed by atoms with van der Waals surface area (Å²) in [6.45, 7) is 8.15. The lowest BCUT2D eigenvalue weighted by Gasteiger charge is -2.09. The van der Waals surface area contributed by atoms with Crippen LogP contribution in [0.1, 0.15) is 24.3 Å². The van der Waals surface area contributed by atoms with Gasteiger partial charge in [-0.25, -0.2) is 0 Å². The SMILES string of the molecule is C=CCn1nc(-c2ccc(OC(C)C)cc2)cc1C=O. The van der Waals surface area contributed by atoms with Crippen LogP contribution in [0.25, 0.3) is 11.3 Å². The van der Waals surface area contributed by atoms with Gasteiger partial charge in [-0.1, -0.05) is 6.08 Å². The quantitative estimate of drug-likeness (QED) is 0.597. The Kier molecular flexibility index (Phi) is 4.35. The number of carbonyl (C=O) groups excluding carboxylic acids is 1. The Bertz CT molecular complexity index is 597. The van der Waals surface area contributed by atoms with E-state index in [1.807, 2.05) is 38.1 Å². The number of rotatable bonds is 6. The molecule has 0 aliphatic heterocycles. The number of aromatic nitrogens is 2. The molecule has 0 aliphatic rings. The molecular formula is C16H18N2O2. The predicted octanol–water partition coefficient (Wildman–Crippen LogP) is 3.34. The summed E-state index contributed by atoms with van der Waals surface area (Å²) in [5.41, 5.74) is 2.26. The van der Waals surface area contributed by atoms with Crippen LogP contribution in [0.3, 0.4) is 0 Å². The zero-order valence-electron chi connectivity index (χ0n) is 11.7. The van der Waals surface area contributed by atoms with Crippen molar-refractivity contribution in [3.8, 4) is 17.0 Å². The van der Waals surface area contributed by atoms with Gasteiger partial charge in [0, 0.05) is 5.56 Å². The van der Waals surface area contributed by atoms with E-state index in [0.29, 0.717) is 12.2 Å². The number of benzene rings is 1. The molecule has 0 fully saturated rings. The van der Waals surface area contributed by atoms with Crippen LogP contribution >= 0.6 is 0 Å². The van der Waals surface area contributed by atoms with Gasteiger partial charge >= 0.3 is 0 Å². The molecule has 1 aromatic carbocycles. The van der Waals surface area contributed by atoms with E-state index in [1.165, 1.54) is 0 Å². The lowest BCUT2D eigenvalue weighted by Crippen LogP contribution is -2.05. The van der Waals surface area contributed by atoms with Gasteiger partial charge in [-0.15, -0.1) is 6.58 Å². The third-order valence-corrected chi connectivity index (χ3v) is 2.76. The molecule has 0 aliphatic carbocycles. The molecule has 2 rings (SSSR count). The zero-order valence-corrected chi connectivity index (χ0v) is 11.7. The van der Waals surface area contributed by atoms with E-state index in [2.05, 4.69) is 11.7 Å². The molecule has 0 atom stereocenters. The molecule has 2 aromatic rings. The van der Waals surface area contributed by atoms with E-state index in [0.717, 1.165) is 23.3 Å². The summed E-state index contributed by atoms with van der Waals surface area (Å²) in [6, 6.07) is 9.46. The highest BCUT2D eigenvalue weighted by molar-refractivity contribution is 5.76. The molecule has 0 N–H and O–H groups in total. The summed E-state index contributed by atoms with van der Waals surface area (Å²) in [6.07, 6.45) is 2.66. The molecule has 1 heterocycles. The highest BCUT2D eigenvalue weighted by Crippen LogP contribution is 2.22. The van der Waals surface area contributed by atoms with Crippen LogP contribution in [0.15, 0.2) is 43.0 Å². The molecular weight excluding hydrogens is 252 g/mol. The van der Waals surface area contributed by atoms with E-state index in [4.69, 9.17) is 4.74 Å². The average Bonchev–Trinajstić information content (AvgIpc) is 2.82. The topological polar surface area (TPSA) is 44.1 Å². The second-order valence-corrected chi connectivity index (χ2v) is 4.73. The number of ether oxygens (including phenoxy) is 1. The van der Waals surface area contributed by atoms with Crippen molar-refractivity contribution in [1.82, 2.24) is 9.78 Å². The van der Waals surface area contributed by atoms with Crippen molar-refractivity contribution in [2.24, 2.45) is 0 Å². The Morgan fingerprint density at radius 1 is 1.35 bits per heavy atom. The zero-order chi connectivity index (χ0) is 14.5. The van der Waals surface area contributed by atoms with Gasteiger partial charge in [0.25, 0.3) is 0 Å². The monoisotopic (exact) mass is 270 g/mol. The first-order valence-electron chi connectivity index (χ1n) is 6.55. The molecule has 0 radical (unpaired) electrons.